The Hall–Kier alpha value is -0.610. The molecule has 3 rings (SSSR count). The van der Waals surface area contributed by atoms with E-state index in [9.17, 15) is 0 Å². The molecule has 0 spiro atoms. The van der Waals surface area contributed by atoms with Gasteiger partial charge >= 0.3 is 0 Å². The first-order chi connectivity index (χ1) is 11.3. The van der Waals surface area contributed by atoms with Gasteiger partial charge in [-0.15, -0.1) is 0 Å². The molecule has 1 saturated carbocycles. The molecule has 1 N–H and O–H groups in total. The molecular formula is C19H32N2OS. The highest BCUT2D eigenvalue weighted by Gasteiger charge is 2.25. The number of nitrogens with zero attached hydrogens (tertiary/aromatic N) is 1. The summed E-state index contributed by atoms with van der Waals surface area (Å²) in [6.45, 7) is 2.98. The van der Waals surface area contributed by atoms with Gasteiger partial charge in [-0.1, -0.05) is 31.4 Å². The van der Waals surface area contributed by atoms with E-state index in [0.29, 0.717) is 12.1 Å². The van der Waals surface area contributed by atoms with Crippen molar-refractivity contribution in [3.05, 3.63) is 12.2 Å². The van der Waals surface area contributed by atoms with E-state index in [1.165, 1.54) is 64.2 Å². The van der Waals surface area contributed by atoms with E-state index in [2.05, 4.69) is 22.4 Å². The topological polar surface area (TPSA) is 24.5 Å². The molecule has 3 aliphatic rings. The van der Waals surface area contributed by atoms with Gasteiger partial charge in [0.05, 0.1) is 6.10 Å². The maximum atomic E-state index is 5.87. The molecular weight excluding hydrogens is 304 g/mol. The number of allylic oxidation sites excluding steroid dienone is 2. The average molecular weight is 337 g/mol. The molecule has 1 saturated heterocycles. The fourth-order valence-electron chi connectivity index (χ4n) is 4.12. The molecule has 130 valence electrons. The van der Waals surface area contributed by atoms with Crippen molar-refractivity contribution in [3.8, 4) is 0 Å². The smallest absolute Gasteiger partial charge is 0.169 e. The van der Waals surface area contributed by atoms with Crippen LogP contribution in [0.25, 0.3) is 0 Å². The van der Waals surface area contributed by atoms with Crippen molar-refractivity contribution in [1.82, 2.24) is 10.2 Å². The number of nitrogens with one attached hydrogen (secondary N) is 1. The van der Waals surface area contributed by atoms with E-state index in [1.54, 1.807) is 0 Å². The summed E-state index contributed by atoms with van der Waals surface area (Å²) in [7, 11) is 0. The summed E-state index contributed by atoms with van der Waals surface area (Å²) >= 11 is 5.80. The highest BCUT2D eigenvalue weighted by atomic mass is 32.1. The van der Waals surface area contributed by atoms with Crippen LogP contribution < -0.4 is 5.32 Å². The summed E-state index contributed by atoms with van der Waals surface area (Å²) in [5.41, 5.74) is 0. The van der Waals surface area contributed by atoms with Crippen LogP contribution in [0.1, 0.15) is 64.2 Å². The second kappa shape index (κ2) is 9.03. The van der Waals surface area contributed by atoms with Crippen molar-refractivity contribution in [2.45, 2.75) is 76.4 Å². The molecule has 0 radical (unpaired) electrons. The van der Waals surface area contributed by atoms with Crippen molar-refractivity contribution in [1.29, 1.82) is 0 Å². The molecule has 1 aliphatic heterocycles. The number of ether oxygens (including phenoxy) is 1. The highest BCUT2D eigenvalue weighted by Crippen LogP contribution is 2.22. The normalized spacial score (nSPS) is 28.7. The van der Waals surface area contributed by atoms with Crippen LogP contribution in [-0.4, -0.2) is 41.9 Å². The highest BCUT2D eigenvalue weighted by molar-refractivity contribution is 7.80. The number of rotatable bonds is 5. The molecule has 0 aromatic carbocycles. The molecule has 2 fully saturated rings. The van der Waals surface area contributed by atoms with E-state index in [0.717, 1.165) is 30.7 Å². The van der Waals surface area contributed by atoms with Gasteiger partial charge in [0.1, 0.15) is 0 Å². The third kappa shape index (κ3) is 5.46. The van der Waals surface area contributed by atoms with Gasteiger partial charge in [0.2, 0.25) is 0 Å². The predicted molar refractivity (Wildman–Crippen MR) is 99.6 cm³/mol. The minimum atomic E-state index is 0.375. The molecule has 2 atom stereocenters. The average Bonchev–Trinajstić information content (AvgIpc) is 3.09. The van der Waals surface area contributed by atoms with Crippen molar-refractivity contribution < 1.29 is 4.74 Å². The lowest BCUT2D eigenvalue weighted by molar-refractivity contribution is 0.0871. The van der Waals surface area contributed by atoms with Gasteiger partial charge in [-0.2, -0.15) is 0 Å². The Bertz CT molecular complexity index is 400. The first kappa shape index (κ1) is 17.2. The van der Waals surface area contributed by atoms with Gasteiger partial charge in [-0.05, 0) is 63.1 Å². The van der Waals surface area contributed by atoms with E-state index < -0.39 is 0 Å². The molecule has 4 heteroatoms. The second-order valence-electron chi connectivity index (χ2n) is 7.47. The van der Waals surface area contributed by atoms with Gasteiger partial charge in [0.15, 0.2) is 5.11 Å². The zero-order valence-corrected chi connectivity index (χ0v) is 15.2. The summed E-state index contributed by atoms with van der Waals surface area (Å²) in [6.07, 6.45) is 17.8. The Labute approximate surface area is 146 Å². The van der Waals surface area contributed by atoms with Crippen LogP contribution in [0.15, 0.2) is 12.2 Å². The molecule has 1 heterocycles. The van der Waals surface area contributed by atoms with Crippen molar-refractivity contribution >= 4 is 17.3 Å². The lowest BCUT2D eigenvalue weighted by Gasteiger charge is -2.34. The van der Waals surface area contributed by atoms with Crippen molar-refractivity contribution in [3.63, 3.8) is 0 Å². The van der Waals surface area contributed by atoms with Crippen LogP contribution in [-0.2, 0) is 4.74 Å². The zero-order chi connectivity index (χ0) is 15.9. The summed E-state index contributed by atoms with van der Waals surface area (Å²) in [5.74, 6) is 0.743. The number of thiocarbonyl (C=S) groups is 1. The maximum Gasteiger partial charge on any atom is 0.169 e. The minimum Gasteiger partial charge on any atom is -0.376 e. The molecule has 0 amide bonds. The predicted octanol–water partition coefficient (Wildman–Crippen LogP) is 4.03. The number of hydrogen-bond donors (Lipinski definition) is 1. The Morgan fingerprint density at radius 3 is 2.61 bits per heavy atom. The fourth-order valence-corrected chi connectivity index (χ4v) is 4.44. The van der Waals surface area contributed by atoms with Crippen LogP contribution in [0.4, 0.5) is 0 Å². The van der Waals surface area contributed by atoms with Crippen molar-refractivity contribution in [2.24, 2.45) is 5.92 Å². The lowest BCUT2D eigenvalue weighted by atomic mass is 9.93. The van der Waals surface area contributed by atoms with Gasteiger partial charge < -0.3 is 15.0 Å². The second-order valence-corrected chi connectivity index (χ2v) is 7.86. The molecule has 2 aliphatic carbocycles. The Morgan fingerprint density at radius 2 is 1.91 bits per heavy atom. The molecule has 0 unspecified atom stereocenters. The van der Waals surface area contributed by atoms with Gasteiger partial charge in [0.25, 0.3) is 0 Å². The van der Waals surface area contributed by atoms with Crippen LogP contribution in [0.5, 0.6) is 0 Å². The molecule has 3 nitrogen and oxygen atoms in total. The largest absolute Gasteiger partial charge is 0.376 e. The lowest BCUT2D eigenvalue weighted by Crippen LogP contribution is -2.49. The zero-order valence-electron chi connectivity index (χ0n) is 14.3. The summed E-state index contributed by atoms with van der Waals surface area (Å²) < 4.78 is 5.87. The molecule has 0 aromatic heterocycles. The van der Waals surface area contributed by atoms with Gasteiger partial charge in [-0.25, -0.2) is 0 Å². The molecule has 0 aromatic rings. The van der Waals surface area contributed by atoms with Crippen LogP contribution in [0.2, 0.25) is 0 Å². The van der Waals surface area contributed by atoms with Crippen LogP contribution >= 0.6 is 12.2 Å². The number of hydrogen-bond acceptors (Lipinski definition) is 2. The van der Waals surface area contributed by atoms with Crippen LogP contribution in [0, 0.1) is 5.92 Å². The summed E-state index contributed by atoms with van der Waals surface area (Å²) in [6, 6.07) is 0.592. The Morgan fingerprint density at radius 1 is 1.04 bits per heavy atom. The molecule has 0 bridgehead atoms. The van der Waals surface area contributed by atoms with Gasteiger partial charge in [0, 0.05) is 25.7 Å². The summed E-state index contributed by atoms with van der Waals surface area (Å²) in [5, 5.41) is 4.64. The minimum absolute atomic E-state index is 0.375. The fraction of sp³-hybridized carbons (Fsp3) is 0.842. The van der Waals surface area contributed by atoms with Crippen molar-refractivity contribution in [2.75, 3.05) is 19.7 Å². The Balaban J connectivity index is 1.55. The van der Waals surface area contributed by atoms with E-state index >= 15 is 0 Å². The first-order valence-corrected chi connectivity index (χ1v) is 10.0. The monoisotopic (exact) mass is 336 g/mol. The first-order valence-electron chi connectivity index (χ1n) is 9.63. The Kier molecular flexibility index (Phi) is 6.76. The standard InChI is InChI=1S/C19H32N2OS/c23-19(20-17-10-5-2-6-11-17)21(15-18-12-7-13-22-18)14-16-8-3-1-4-9-16/h1,3,16-18H,2,4-15H2,(H,20,23)/t16-,18+/m0/s1. The summed E-state index contributed by atoms with van der Waals surface area (Å²) in [4.78, 5) is 2.42. The van der Waals surface area contributed by atoms with Crippen LogP contribution in [0.3, 0.4) is 0 Å². The van der Waals surface area contributed by atoms with Gasteiger partial charge in [-0.3, -0.25) is 0 Å². The quantitative estimate of drug-likeness (QED) is 0.605. The third-order valence-corrected chi connectivity index (χ3v) is 5.90. The molecule has 23 heavy (non-hydrogen) atoms. The van der Waals surface area contributed by atoms with E-state index in [4.69, 9.17) is 17.0 Å². The SMILES string of the molecule is S=C(NC1CCCCC1)N(C[C@H]1CC=CCC1)C[C@H]1CCCO1. The maximum absolute atomic E-state index is 5.87. The third-order valence-electron chi connectivity index (χ3n) is 5.52. The van der Waals surface area contributed by atoms with E-state index in [-0.39, 0.29) is 0 Å². The van der Waals surface area contributed by atoms with E-state index in [1.807, 2.05) is 0 Å².